The monoisotopic (exact) mass is 871 g/mol. The normalized spacial score (nSPS) is 45.3. The van der Waals surface area contributed by atoms with Crippen molar-refractivity contribution in [1.82, 2.24) is 5.32 Å². The molecule has 24 atom stereocenters. The molecule has 0 bridgehead atoms. The zero-order valence-corrected chi connectivity index (χ0v) is 31.4. The van der Waals surface area contributed by atoms with Crippen LogP contribution in [-0.4, -0.2) is 280 Å². The molecule has 4 heterocycles. The van der Waals surface area contributed by atoms with Gasteiger partial charge in [0.05, 0.1) is 39.6 Å². The van der Waals surface area contributed by atoms with Crippen LogP contribution in [0.5, 0.6) is 0 Å². The van der Waals surface area contributed by atoms with Gasteiger partial charge in [-0.1, -0.05) is 0 Å². The Morgan fingerprint density at radius 3 is 1.49 bits per heavy atom. The molecule has 4 aliphatic rings. The number of carbonyl (C=O) groups is 1. The Labute approximate surface area is 334 Å². The Kier molecular flexibility index (Phi) is 18.9. The number of ether oxygens (including phenoxy) is 8. The molecule has 18 N–H and O–H groups in total. The molecule has 4 fully saturated rings. The van der Waals surface area contributed by atoms with Crippen LogP contribution in [0.2, 0.25) is 0 Å². The maximum absolute atomic E-state index is 12.3. The van der Waals surface area contributed by atoms with Gasteiger partial charge in [0.15, 0.2) is 25.2 Å². The molecule has 0 spiro atoms. The van der Waals surface area contributed by atoms with Crippen molar-refractivity contribution in [2.45, 2.75) is 154 Å². The SMILES string of the molecule is CC(=O)N[C@H]1[C@H](OC[C@H]2O[C@@H](O[C@@H]([C@H](O)[C@@H](O)CO)[C@H](O)CO)[C@H](O)[C@@H](O[C@@H]3O[C@H](CO)[C@H](O)[C@H](O)[C@H]3O)[C@H]2O)O[C@H](CO)[C@@H](O[C@@H]2O[C@H](CO)[C@H](O)[C@H](O)[C@H]2O)[C@@H]1O. The lowest BCUT2D eigenvalue weighted by Crippen LogP contribution is -2.68. The smallest absolute Gasteiger partial charge is 0.217 e. The minimum atomic E-state index is -2.21. The largest absolute Gasteiger partial charge is 0.394 e. The van der Waals surface area contributed by atoms with E-state index in [0.717, 1.165) is 6.92 Å². The molecule has 4 saturated heterocycles. The summed E-state index contributed by atoms with van der Waals surface area (Å²) in [5.41, 5.74) is 0. The van der Waals surface area contributed by atoms with E-state index in [4.69, 9.17) is 37.9 Å². The van der Waals surface area contributed by atoms with Crippen LogP contribution in [-0.2, 0) is 42.7 Å². The van der Waals surface area contributed by atoms with E-state index in [-0.39, 0.29) is 0 Å². The van der Waals surface area contributed by atoms with Crippen LogP contribution in [0.25, 0.3) is 0 Å². The van der Waals surface area contributed by atoms with Gasteiger partial charge in [-0.15, -0.1) is 0 Å². The molecule has 4 rings (SSSR count). The second-order valence-electron chi connectivity index (χ2n) is 14.5. The fraction of sp³-hybridized carbons (Fsp3) is 0.969. The number of hydrogen-bond acceptors (Lipinski definition) is 26. The summed E-state index contributed by atoms with van der Waals surface area (Å²) in [5.74, 6) is -0.782. The second kappa shape index (κ2) is 22.2. The standard InChI is InChI=1S/C32H57NO26/c1-8(39)33-15-20(46)27(58-30-23(49)21(47)17(43)11(4-36)53-30)13(6-38)55-29(15)52-7-14-19(45)28(59-31-24(50)22(48)18(44)12(5-37)54-31)25(51)32(56-14)57-26(10(41)3-35)16(42)9(40)2-34/h9-32,34-38,40-51H,2-7H2,1H3,(H,33,39)/t9-,10+,11+,12+,13+,14+,15+,16+,17-,18-,19-,20+,21-,22-,23+,24+,25+,26+,27+,28-,29+,30-,31-,32-/m0/s1. The van der Waals surface area contributed by atoms with Crippen molar-refractivity contribution in [3.8, 4) is 0 Å². The van der Waals surface area contributed by atoms with Crippen LogP contribution < -0.4 is 5.32 Å². The maximum atomic E-state index is 12.3. The van der Waals surface area contributed by atoms with E-state index in [9.17, 15) is 91.6 Å². The van der Waals surface area contributed by atoms with Crippen molar-refractivity contribution in [1.29, 1.82) is 0 Å². The van der Waals surface area contributed by atoms with Gasteiger partial charge in [0.1, 0.15) is 122 Å². The minimum Gasteiger partial charge on any atom is -0.394 e. The van der Waals surface area contributed by atoms with E-state index >= 15 is 0 Å². The first-order valence-electron chi connectivity index (χ1n) is 18.5. The van der Waals surface area contributed by atoms with Crippen LogP contribution >= 0.6 is 0 Å². The summed E-state index contributed by atoms with van der Waals surface area (Å²) < 4.78 is 44.7. The maximum Gasteiger partial charge on any atom is 0.217 e. The first-order chi connectivity index (χ1) is 27.8. The number of rotatable bonds is 18. The summed E-state index contributed by atoms with van der Waals surface area (Å²) in [4.78, 5) is 12.3. The highest BCUT2D eigenvalue weighted by atomic mass is 16.8. The summed E-state index contributed by atoms with van der Waals surface area (Å²) in [5, 5.41) is 178. The van der Waals surface area contributed by atoms with Gasteiger partial charge in [0.25, 0.3) is 0 Å². The van der Waals surface area contributed by atoms with Gasteiger partial charge < -0.3 is 130 Å². The first-order valence-corrected chi connectivity index (χ1v) is 18.5. The molecule has 59 heavy (non-hydrogen) atoms. The van der Waals surface area contributed by atoms with Crippen LogP contribution in [0, 0.1) is 0 Å². The van der Waals surface area contributed by atoms with E-state index in [1.807, 2.05) is 0 Å². The molecule has 0 aromatic rings. The third-order valence-electron chi connectivity index (χ3n) is 10.3. The molecular formula is C32H57NO26. The average molecular weight is 872 g/mol. The highest BCUT2D eigenvalue weighted by molar-refractivity contribution is 5.73. The molecule has 4 aliphatic heterocycles. The summed E-state index contributed by atoms with van der Waals surface area (Å²) >= 11 is 0. The van der Waals surface area contributed by atoms with Crippen molar-refractivity contribution < 1.29 is 130 Å². The molecule has 0 aromatic heterocycles. The average Bonchev–Trinajstić information content (AvgIpc) is 3.22. The Bertz CT molecular complexity index is 1270. The first kappa shape index (κ1) is 50.1. The molecule has 346 valence electrons. The number of hydrogen-bond donors (Lipinski definition) is 18. The fourth-order valence-corrected chi connectivity index (χ4v) is 6.92. The van der Waals surface area contributed by atoms with Crippen LogP contribution in [0.15, 0.2) is 0 Å². The molecule has 0 radical (unpaired) electrons. The lowest BCUT2D eigenvalue weighted by atomic mass is 9.95. The van der Waals surface area contributed by atoms with Gasteiger partial charge in [-0.3, -0.25) is 4.79 Å². The molecule has 1 amide bonds. The van der Waals surface area contributed by atoms with Crippen molar-refractivity contribution in [2.75, 3.05) is 39.6 Å². The van der Waals surface area contributed by atoms with Gasteiger partial charge in [-0.25, -0.2) is 0 Å². The highest BCUT2D eigenvalue weighted by Gasteiger charge is 2.55. The van der Waals surface area contributed by atoms with Crippen molar-refractivity contribution in [3.05, 3.63) is 0 Å². The quantitative estimate of drug-likeness (QED) is 0.0608. The van der Waals surface area contributed by atoms with Gasteiger partial charge in [-0.05, 0) is 0 Å². The molecule has 0 unspecified atom stereocenters. The Morgan fingerprint density at radius 1 is 0.542 bits per heavy atom. The zero-order chi connectivity index (χ0) is 44.0. The summed E-state index contributed by atoms with van der Waals surface area (Å²) in [7, 11) is 0. The van der Waals surface area contributed by atoms with Gasteiger partial charge >= 0.3 is 0 Å². The zero-order valence-electron chi connectivity index (χ0n) is 31.4. The Morgan fingerprint density at radius 2 is 1.02 bits per heavy atom. The summed E-state index contributed by atoms with van der Waals surface area (Å²) in [6, 6.07) is -1.62. The summed E-state index contributed by atoms with van der Waals surface area (Å²) in [6.07, 6.45) is -43.7. The number of carbonyl (C=O) groups excluding carboxylic acids is 1. The second-order valence-corrected chi connectivity index (χ2v) is 14.5. The van der Waals surface area contributed by atoms with E-state index in [1.165, 1.54) is 0 Å². The van der Waals surface area contributed by atoms with E-state index in [1.54, 1.807) is 0 Å². The topological polar surface area (TPSA) is 447 Å². The van der Waals surface area contributed by atoms with Gasteiger partial charge in [0.2, 0.25) is 5.91 Å². The Balaban J connectivity index is 1.61. The molecule has 27 heteroatoms. The highest BCUT2D eigenvalue weighted by Crippen LogP contribution is 2.33. The van der Waals surface area contributed by atoms with Gasteiger partial charge in [-0.2, -0.15) is 0 Å². The van der Waals surface area contributed by atoms with Crippen molar-refractivity contribution >= 4 is 5.91 Å². The summed E-state index contributed by atoms with van der Waals surface area (Å²) in [6.45, 7) is -4.71. The third kappa shape index (κ3) is 11.4. The van der Waals surface area contributed by atoms with Crippen LogP contribution in [0.3, 0.4) is 0 Å². The van der Waals surface area contributed by atoms with E-state index in [0.29, 0.717) is 0 Å². The van der Waals surface area contributed by atoms with Crippen molar-refractivity contribution in [2.24, 2.45) is 0 Å². The lowest BCUT2D eigenvalue weighted by Gasteiger charge is -2.48. The number of nitrogens with one attached hydrogen (secondary N) is 1. The number of amides is 1. The molecule has 0 saturated carbocycles. The predicted octanol–water partition coefficient (Wildman–Crippen LogP) is -12.1. The van der Waals surface area contributed by atoms with E-state index < -0.39 is 193 Å². The molecular weight excluding hydrogens is 814 g/mol. The van der Waals surface area contributed by atoms with Crippen molar-refractivity contribution in [3.63, 3.8) is 0 Å². The predicted molar refractivity (Wildman–Crippen MR) is 180 cm³/mol. The minimum absolute atomic E-state index is 0.782. The number of aliphatic hydroxyl groups is 17. The van der Waals surface area contributed by atoms with Crippen LogP contribution in [0.1, 0.15) is 6.92 Å². The van der Waals surface area contributed by atoms with E-state index in [2.05, 4.69) is 5.32 Å². The number of aliphatic hydroxyl groups excluding tert-OH is 17. The molecule has 0 aliphatic carbocycles. The lowest BCUT2D eigenvalue weighted by molar-refractivity contribution is -0.375. The van der Waals surface area contributed by atoms with Crippen LogP contribution in [0.4, 0.5) is 0 Å². The molecule has 0 aromatic carbocycles. The van der Waals surface area contributed by atoms with Gasteiger partial charge in [0, 0.05) is 6.92 Å². The third-order valence-corrected chi connectivity index (χ3v) is 10.3. The molecule has 27 nitrogen and oxygen atoms in total. The fourth-order valence-electron chi connectivity index (χ4n) is 6.92. The Hall–Kier alpha value is -1.53.